The number of rotatable bonds is 8. The Morgan fingerprint density at radius 3 is 2.55 bits per heavy atom. The van der Waals surface area contributed by atoms with Gasteiger partial charge in [-0.1, -0.05) is 13.8 Å². The third kappa shape index (κ3) is 4.87. The molecule has 1 aliphatic carbocycles. The van der Waals surface area contributed by atoms with Crippen LogP contribution in [0.15, 0.2) is 6.07 Å². The summed E-state index contributed by atoms with van der Waals surface area (Å²) in [6, 6.07) is 3.84. The van der Waals surface area contributed by atoms with E-state index in [9.17, 15) is 0 Å². The zero-order valence-electron chi connectivity index (χ0n) is 13.7. The third-order valence-corrected chi connectivity index (χ3v) is 5.01. The van der Waals surface area contributed by atoms with E-state index in [4.69, 9.17) is 0 Å². The normalized spacial score (nSPS) is 15.8. The Bertz CT molecular complexity index is 419. The van der Waals surface area contributed by atoms with Gasteiger partial charge < -0.3 is 5.32 Å². The molecule has 0 saturated heterocycles. The van der Waals surface area contributed by atoms with Crippen LogP contribution in [0.2, 0.25) is 0 Å². The highest BCUT2D eigenvalue weighted by atomic mass is 32.1. The lowest BCUT2D eigenvalue weighted by molar-refractivity contribution is 0.189. The summed E-state index contributed by atoms with van der Waals surface area (Å²) in [7, 11) is 0. The molecule has 2 nitrogen and oxygen atoms in total. The molecule has 0 radical (unpaired) electrons. The molecule has 0 atom stereocenters. The van der Waals surface area contributed by atoms with Crippen LogP contribution in [-0.2, 0) is 13.1 Å². The van der Waals surface area contributed by atoms with Crippen LogP contribution in [0.25, 0.3) is 0 Å². The average molecular weight is 295 g/mol. The highest BCUT2D eigenvalue weighted by Crippen LogP contribution is 2.26. The molecule has 1 saturated carbocycles. The first-order valence-corrected chi connectivity index (χ1v) is 8.83. The lowest BCUT2D eigenvalue weighted by Gasteiger charge is -2.28. The Morgan fingerprint density at radius 1 is 1.30 bits per heavy atom. The first kappa shape index (κ1) is 16.0. The van der Waals surface area contributed by atoms with E-state index in [2.05, 4.69) is 50.9 Å². The van der Waals surface area contributed by atoms with Crippen LogP contribution in [0.5, 0.6) is 0 Å². The second-order valence-electron chi connectivity index (χ2n) is 6.87. The minimum absolute atomic E-state index is 0.615. The van der Waals surface area contributed by atoms with Gasteiger partial charge in [-0.05, 0) is 51.2 Å². The number of aryl methyl sites for hydroxylation is 1. The number of nitrogens with zero attached hydrogens (tertiary/aromatic N) is 1. The van der Waals surface area contributed by atoms with Gasteiger partial charge in [0.05, 0.1) is 0 Å². The van der Waals surface area contributed by atoms with Gasteiger partial charge in [0.2, 0.25) is 0 Å². The van der Waals surface area contributed by atoms with Crippen LogP contribution in [0.3, 0.4) is 0 Å². The van der Waals surface area contributed by atoms with Crippen LogP contribution in [0, 0.1) is 12.8 Å². The van der Waals surface area contributed by atoms with E-state index >= 15 is 0 Å². The zero-order chi connectivity index (χ0) is 14.7. The molecule has 0 bridgehead atoms. The molecule has 0 spiro atoms. The molecule has 3 heteroatoms. The average Bonchev–Trinajstić information content (AvgIpc) is 3.11. The highest BCUT2D eigenvalue weighted by Gasteiger charge is 2.21. The van der Waals surface area contributed by atoms with Gasteiger partial charge in [0.15, 0.2) is 0 Å². The standard InChI is InChI=1S/C17H30N2S/c1-12(2)10-19(13(3)4)11-15-8-17(20-14(15)5)9-18-16-6-7-16/h8,12-13,16,18H,6-7,9-11H2,1-5H3. The summed E-state index contributed by atoms with van der Waals surface area (Å²) in [5, 5.41) is 3.62. The molecule has 1 aromatic heterocycles. The lowest BCUT2D eigenvalue weighted by Crippen LogP contribution is -2.33. The second kappa shape index (κ2) is 7.06. The minimum Gasteiger partial charge on any atom is -0.309 e. The predicted octanol–water partition coefficient (Wildman–Crippen LogP) is 4.17. The molecule has 0 aromatic carbocycles. The molecule has 1 aromatic rings. The van der Waals surface area contributed by atoms with Crippen molar-refractivity contribution in [3.63, 3.8) is 0 Å². The number of hydrogen-bond acceptors (Lipinski definition) is 3. The van der Waals surface area contributed by atoms with E-state index < -0.39 is 0 Å². The number of hydrogen-bond donors (Lipinski definition) is 1. The minimum atomic E-state index is 0.615. The Balaban J connectivity index is 1.95. The van der Waals surface area contributed by atoms with Gasteiger partial charge in [-0.25, -0.2) is 0 Å². The summed E-state index contributed by atoms with van der Waals surface area (Å²) < 4.78 is 0. The van der Waals surface area contributed by atoms with Crippen molar-refractivity contribution >= 4 is 11.3 Å². The fraction of sp³-hybridized carbons (Fsp3) is 0.765. The largest absolute Gasteiger partial charge is 0.309 e. The Hall–Kier alpha value is -0.380. The fourth-order valence-corrected chi connectivity index (χ4v) is 3.51. The van der Waals surface area contributed by atoms with Gasteiger partial charge in [-0.2, -0.15) is 0 Å². The predicted molar refractivity (Wildman–Crippen MR) is 89.3 cm³/mol. The number of thiophene rings is 1. The summed E-state index contributed by atoms with van der Waals surface area (Å²) in [5.41, 5.74) is 1.52. The molecule has 1 heterocycles. The molecule has 1 N–H and O–H groups in total. The van der Waals surface area contributed by atoms with Crippen molar-refractivity contribution in [3.05, 3.63) is 21.4 Å². The maximum Gasteiger partial charge on any atom is 0.0302 e. The molecule has 114 valence electrons. The fourth-order valence-electron chi connectivity index (χ4n) is 2.51. The van der Waals surface area contributed by atoms with E-state index in [1.807, 2.05) is 11.3 Å². The summed E-state index contributed by atoms with van der Waals surface area (Å²) in [6.45, 7) is 14.8. The van der Waals surface area contributed by atoms with Crippen molar-refractivity contribution in [2.75, 3.05) is 6.54 Å². The summed E-state index contributed by atoms with van der Waals surface area (Å²) in [4.78, 5) is 5.59. The van der Waals surface area contributed by atoms with E-state index in [-0.39, 0.29) is 0 Å². The lowest BCUT2D eigenvalue weighted by atomic mass is 10.1. The summed E-state index contributed by atoms with van der Waals surface area (Å²) >= 11 is 1.97. The van der Waals surface area contributed by atoms with Crippen molar-refractivity contribution in [3.8, 4) is 0 Å². The van der Waals surface area contributed by atoms with Crippen molar-refractivity contribution in [1.82, 2.24) is 10.2 Å². The van der Waals surface area contributed by atoms with Crippen molar-refractivity contribution < 1.29 is 0 Å². The quantitative estimate of drug-likeness (QED) is 0.774. The highest BCUT2D eigenvalue weighted by molar-refractivity contribution is 7.12. The van der Waals surface area contributed by atoms with E-state index in [0.717, 1.165) is 25.0 Å². The SMILES string of the molecule is Cc1sc(CNC2CC2)cc1CN(CC(C)C)C(C)C. The van der Waals surface area contributed by atoms with Gasteiger partial charge >= 0.3 is 0 Å². The molecular weight excluding hydrogens is 264 g/mol. The van der Waals surface area contributed by atoms with E-state index in [0.29, 0.717) is 6.04 Å². The van der Waals surface area contributed by atoms with Gasteiger partial charge in [0.25, 0.3) is 0 Å². The topological polar surface area (TPSA) is 15.3 Å². The number of nitrogens with one attached hydrogen (secondary N) is 1. The molecule has 0 unspecified atom stereocenters. The van der Waals surface area contributed by atoms with Gasteiger partial charge in [-0.15, -0.1) is 11.3 Å². The smallest absolute Gasteiger partial charge is 0.0302 e. The van der Waals surface area contributed by atoms with Gasteiger partial charge in [0, 0.05) is 41.5 Å². The molecule has 1 fully saturated rings. The Labute approximate surface area is 128 Å². The van der Waals surface area contributed by atoms with Gasteiger partial charge in [0.1, 0.15) is 0 Å². The van der Waals surface area contributed by atoms with Crippen LogP contribution >= 0.6 is 11.3 Å². The van der Waals surface area contributed by atoms with Crippen LogP contribution in [-0.4, -0.2) is 23.5 Å². The van der Waals surface area contributed by atoms with Crippen LogP contribution in [0.4, 0.5) is 0 Å². The third-order valence-electron chi connectivity index (χ3n) is 3.92. The maximum atomic E-state index is 3.62. The first-order valence-electron chi connectivity index (χ1n) is 8.01. The molecular formula is C17H30N2S. The van der Waals surface area contributed by atoms with Gasteiger partial charge in [-0.3, -0.25) is 4.90 Å². The van der Waals surface area contributed by atoms with Crippen LogP contribution in [0.1, 0.15) is 55.9 Å². The second-order valence-corrected chi connectivity index (χ2v) is 8.21. The van der Waals surface area contributed by atoms with Crippen molar-refractivity contribution in [2.24, 2.45) is 5.92 Å². The zero-order valence-corrected chi connectivity index (χ0v) is 14.5. The van der Waals surface area contributed by atoms with Crippen molar-refractivity contribution in [2.45, 2.75) is 72.6 Å². The van der Waals surface area contributed by atoms with Crippen molar-refractivity contribution in [1.29, 1.82) is 0 Å². The molecule has 20 heavy (non-hydrogen) atoms. The molecule has 0 aliphatic heterocycles. The summed E-state index contributed by atoms with van der Waals surface area (Å²) in [5.74, 6) is 0.729. The maximum absolute atomic E-state index is 3.62. The monoisotopic (exact) mass is 294 g/mol. The van der Waals surface area contributed by atoms with E-state index in [1.165, 1.54) is 34.7 Å². The Kier molecular flexibility index (Phi) is 5.65. The molecule has 0 amide bonds. The first-order chi connectivity index (χ1) is 9.45. The summed E-state index contributed by atoms with van der Waals surface area (Å²) in [6.07, 6.45) is 2.74. The molecule has 1 aliphatic rings. The molecule has 2 rings (SSSR count). The van der Waals surface area contributed by atoms with Crippen LogP contribution < -0.4 is 5.32 Å². The van der Waals surface area contributed by atoms with E-state index in [1.54, 1.807) is 0 Å². The Morgan fingerprint density at radius 2 is 2.00 bits per heavy atom.